The van der Waals surface area contributed by atoms with Crippen molar-refractivity contribution in [1.82, 2.24) is 0 Å². The maximum Gasteiger partial charge on any atom is -0.0363 e. The van der Waals surface area contributed by atoms with Gasteiger partial charge in [0.15, 0.2) is 0 Å². The molecule has 0 aromatic carbocycles. The average molecular weight is 196 g/mol. The molecule has 0 amide bonds. The smallest absolute Gasteiger partial charge is 0.0363 e. The van der Waals surface area contributed by atoms with Crippen molar-refractivity contribution in [2.24, 2.45) is 23.7 Å². The second-order valence-corrected chi connectivity index (χ2v) is 5.54. The monoisotopic (exact) mass is 196 g/mol. The lowest BCUT2D eigenvalue weighted by molar-refractivity contribution is 0.233. The molecule has 0 heteroatoms. The molecule has 1 rings (SSSR count). The van der Waals surface area contributed by atoms with Crippen LogP contribution in [-0.4, -0.2) is 0 Å². The van der Waals surface area contributed by atoms with E-state index >= 15 is 0 Å². The fraction of sp³-hybridized carbons (Fsp3) is 1.00. The topological polar surface area (TPSA) is 0 Å². The van der Waals surface area contributed by atoms with Crippen LogP contribution in [0.4, 0.5) is 0 Å². The maximum atomic E-state index is 2.42. The second-order valence-electron chi connectivity index (χ2n) is 5.54. The zero-order valence-corrected chi connectivity index (χ0v) is 10.6. The van der Waals surface area contributed by atoms with Gasteiger partial charge in [-0.05, 0) is 36.5 Å². The lowest BCUT2D eigenvalue weighted by atomic mass is 9.79. The normalized spacial score (nSPS) is 29.8. The van der Waals surface area contributed by atoms with Crippen molar-refractivity contribution in [3.8, 4) is 0 Å². The van der Waals surface area contributed by atoms with Crippen LogP contribution in [0, 0.1) is 23.7 Å². The van der Waals surface area contributed by atoms with Crippen LogP contribution < -0.4 is 0 Å². The number of hydrogen-bond acceptors (Lipinski definition) is 0. The van der Waals surface area contributed by atoms with Crippen LogP contribution in [-0.2, 0) is 0 Å². The molecule has 3 atom stereocenters. The predicted molar refractivity (Wildman–Crippen MR) is 64.4 cm³/mol. The van der Waals surface area contributed by atoms with Gasteiger partial charge in [0.1, 0.15) is 0 Å². The SMILES string of the molecule is CCCC(C(C)C)C1CCC(CC)C1. The van der Waals surface area contributed by atoms with E-state index in [2.05, 4.69) is 27.7 Å². The third-order valence-electron chi connectivity index (χ3n) is 4.24. The van der Waals surface area contributed by atoms with Gasteiger partial charge in [0, 0.05) is 0 Å². The molecule has 0 bridgehead atoms. The van der Waals surface area contributed by atoms with Crippen LogP contribution in [0.5, 0.6) is 0 Å². The first-order valence-electron chi connectivity index (χ1n) is 6.69. The van der Waals surface area contributed by atoms with Crippen LogP contribution in [0.3, 0.4) is 0 Å². The zero-order valence-electron chi connectivity index (χ0n) is 10.6. The molecule has 1 fully saturated rings. The Labute approximate surface area is 90.5 Å². The van der Waals surface area contributed by atoms with Crippen molar-refractivity contribution in [1.29, 1.82) is 0 Å². The minimum atomic E-state index is 0.899. The van der Waals surface area contributed by atoms with E-state index in [0.717, 1.165) is 23.7 Å². The number of hydrogen-bond donors (Lipinski definition) is 0. The average Bonchev–Trinajstić information content (AvgIpc) is 2.61. The quantitative estimate of drug-likeness (QED) is 0.587. The molecule has 1 saturated carbocycles. The first-order valence-corrected chi connectivity index (χ1v) is 6.69. The molecule has 0 radical (unpaired) electrons. The second kappa shape index (κ2) is 5.78. The Hall–Kier alpha value is 0. The highest BCUT2D eigenvalue weighted by Gasteiger charge is 2.30. The Bertz CT molecular complexity index is 148. The molecule has 0 nitrogen and oxygen atoms in total. The van der Waals surface area contributed by atoms with Gasteiger partial charge in [0.05, 0.1) is 0 Å². The molecule has 0 spiro atoms. The Morgan fingerprint density at radius 3 is 2.29 bits per heavy atom. The molecular weight excluding hydrogens is 168 g/mol. The van der Waals surface area contributed by atoms with E-state index in [9.17, 15) is 0 Å². The molecule has 14 heavy (non-hydrogen) atoms. The van der Waals surface area contributed by atoms with Crippen molar-refractivity contribution in [2.45, 2.75) is 66.2 Å². The largest absolute Gasteiger partial charge is 0.0654 e. The van der Waals surface area contributed by atoms with Crippen LogP contribution in [0.25, 0.3) is 0 Å². The van der Waals surface area contributed by atoms with Crippen molar-refractivity contribution < 1.29 is 0 Å². The third kappa shape index (κ3) is 3.00. The summed E-state index contributed by atoms with van der Waals surface area (Å²) in [5.74, 6) is 4.02. The van der Waals surface area contributed by atoms with Gasteiger partial charge in [0.25, 0.3) is 0 Å². The van der Waals surface area contributed by atoms with Crippen LogP contribution >= 0.6 is 0 Å². The first kappa shape index (κ1) is 12.1. The van der Waals surface area contributed by atoms with Gasteiger partial charge in [-0.25, -0.2) is 0 Å². The van der Waals surface area contributed by atoms with Gasteiger partial charge in [-0.2, -0.15) is 0 Å². The van der Waals surface area contributed by atoms with E-state index < -0.39 is 0 Å². The van der Waals surface area contributed by atoms with Gasteiger partial charge in [0.2, 0.25) is 0 Å². The lowest BCUT2D eigenvalue weighted by Crippen LogP contribution is -2.18. The van der Waals surface area contributed by atoms with Crippen molar-refractivity contribution in [2.75, 3.05) is 0 Å². The lowest BCUT2D eigenvalue weighted by Gasteiger charge is -2.27. The third-order valence-corrected chi connectivity index (χ3v) is 4.24. The summed E-state index contributed by atoms with van der Waals surface area (Å²) >= 11 is 0. The molecule has 3 unspecified atom stereocenters. The van der Waals surface area contributed by atoms with Crippen molar-refractivity contribution in [3.63, 3.8) is 0 Å². The summed E-state index contributed by atoms with van der Waals surface area (Å²) in [5.41, 5.74) is 0. The van der Waals surface area contributed by atoms with Gasteiger partial charge < -0.3 is 0 Å². The van der Waals surface area contributed by atoms with Gasteiger partial charge in [-0.1, -0.05) is 53.4 Å². The minimum Gasteiger partial charge on any atom is -0.0654 e. The molecule has 1 aliphatic rings. The maximum absolute atomic E-state index is 2.42. The minimum absolute atomic E-state index is 0.899. The molecule has 0 N–H and O–H groups in total. The summed E-state index contributed by atoms with van der Waals surface area (Å²) in [5, 5.41) is 0. The van der Waals surface area contributed by atoms with E-state index in [4.69, 9.17) is 0 Å². The molecule has 0 aromatic rings. The molecule has 0 aromatic heterocycles. The van der Waals surface area contributed by atoms with E-state index in [0.29, 0.717) is 0 Å². The Kier molecular flexibility index (Phi) is 4.98. The molecule has 84 valence electrons. The Morgan fingerprint density at radius 2 is 1.86 bits per heavy atom. The van der Waals surface area contributed by atoms with Gasteiger partial charge in [-0.15, -0.1) is 0 Å². The van der Waals surface area contributed by atoms with E-state index in [1.54, 1.807) is 0 Å². The molecule has 0 saturated heterocycles. The molecular formula is C14H28. The first-order chi connectivity index (χ1) is 6.69. The summed E-state index contributed by atoms with van der Waals surface area (Å²) in [7, 11) is 0. The summed E-state index contributed by atoms with van der Waals surface area (Å²) in [6, 6.07) is 0. The van der Waals surface area contributed by atoms with Gasteiger partial charge in [-0.3, -0.25) is 0 Å². The Balaban J connectivity index is 2.44. The molecule has 1 aliphatic carbocycles. The van der Waals surface area contributed by atoms with E-state index in [-0.39, 0.29) is 0 Å². The summed E-state index contributed by atoms with van der Waals surface area (Å²) < 4.78 is 0. The van der Waals surface area contributed by atoms with Crippen LogP contribution in [0.2, 0.25) is 0 Å². The molecule has 0 aliphatic heterocycles. The van der Waals surface area contributed by atoms with Crippen LogP contribution in [0.1, 0.15) is 66.2 Å². The predicted octanol–water partition coefficient (Wildman–Crippen LogP) is 4.89. The molecule has 0 heterocycles. The fourth-order valence-electron chi connectivity index (χ4n) is 3.32. The zero-order chi connectivity index (χ0) is 10.6. The fourth-order valence-corrected chi connectivity index (χ4v) is 3.32. The van der Waals surface area contributed by atoms with E-state index in [1.807, 2.05) is 0 Å². The Morgan fingerprint density at radius 1 is 1.14 bits per heavy atom. The van der Waals surface area contributed by atoms with Crippen LogP contribution in [0.15, 0.2) is 0 Å². The summed E-state index contributed by atoms with van der Waals surface area (Å²) in [6.45, 7) is 9.53. The summed E-state index contributed by atoms with van der Waals surface area (Å²) in [4.78, 5) is 0. The standard InChI is InChI=1S/C14H28/c1-5-7-14(11(3)4)13-9-8-12(6-2)10-13/h11-14H,5-10H2,1-4H3. The van der Waals surface area contributed by atoms with E-state index in [1.165, 1.54) is 38.5 Å². The highest BCUT2D eigenvalue weighted by atomic mass is 14.4. The van der Waals surface area contributed by atoms with Gasteiger partial charge >= 0.3 is 0 Å². The highest BCUT2D eigenvalue weighted by Crippen LogP contribution is 2.41. The highest BCUT2D eigenvalue weighted by molar-refractivity contribution is 4.81. The van der Waals surface area contributed by atoms with Crippen molar-refractivity contribution in [3.05, 3.63) is 0 Å². The summed E-state index contributed by atoms with van der Waals surface area (Å²) in [6.07, 6.45) is 8.79. The van der Waals surface area contributed by atoms with Crippen molar-refractivity contribution >= 4 is 0 Å². The number of rotatable bonds is 5.